The number of amides is 3. The minimum atomic E-state index is -1.42. The molecule has 3 amide bonds. The van der Waals surface area contributed by atoms with Crippen LogP contribution in [0.1, 0.15) is 25.3 Å². The van der Waals surface area contributed by atoms with Crippen LogP contribution in [0.3, 0.4) is 0 Å². The summed E-state index contributed by atoms with van der Waals surface area (Å²) in [6.07, 6.45) is 1.84. The number of carboxylic acid groups (broad SMARTS) is 2. The van der Waals surface area contributed by atoms with Gasteiger partial charge in [0.1, 0.15) is 12.1 Å². The Morgan fingerprint density at radius 2 is 1.81 bits per heavy atom. The number of carbonyl (C=O) groups is 5. The average molecular weight is 451 g/mol. The van der Waals surface area contributed by atoms with Crippen molar-refractivity contribution in [1.29, 1.82) is 0 Å². The summed E-state index contributed by atoms with van der Waals surface area (Å²) < 4.78 is 4.96. The van der Waals surface area contributed by atoms with Crippen molar-refractivity contribution in [2.75, 3.05) is 13.7 Å². The number of hydrogen-bond donors (Lipinski definition) is 6. The fraction of sp³-hybridized carbons (Fsp3) is 0.350. The molecule has 32 heavy (non-hydrogen) atoms. The molecule has 0 radical (unpaired) electrons. The molecule has 0 aliphatic heterocycles. The van der Waals surface area contributed by atoms with Crippen molar-refractivity contribution >= 4 is 35.7 Å². The van der Waals surface area contributed by atoms with E-state index in [2.05, 4.69) is 16.0 Å². The lowest BCUT2D eigenvalue weighted by Crippen LogP contribution is -2.51. The molecule has 1 rings (SSSR count). The van der Waals surface area contributed by atoms with Crippen LogP contribution in [0.2, 0.25) is 0 Å². The van der Waals surface area contributed by atoms with Gasteiger partial charge in [0.05, 0.1) is 13.7 Å². The number of nitrogens with one attached hydrogen (secondary N) is 3. The summed E-state index contributed by atoms with van der Waals surface area (Å²) in [4.78, 5) is 57.5. The first-order valence-corrected chi connectivity index (χ1v) is 9.40. The third-order valence-corrected chi connectivity index (χ3v) is 4.09. The average Bonchev–Trinajstić information content (AvgIpc) is 2.73. The van der Waals surface area contributed by atoms with E-state index < -0.39 is 54.7 Å². The van der Waals surface area contributed by atoms with Gasteiger partial charge in [-0.1, -0.05) is 6.07 Å². The maximum absolute atomic E-state index is 12.0. The number of aliphatic carboxylic acids is 2. The highest BCUT2D eigenvalue weighted by Crippen LogP contribution is 2.26. The zero-order valence-electron chi connectivity index (χ0n) is 17.5. The number of methoxy groups -OCH3 is 1. The highest BCUT2D eigenvalue weighted by Gasteiger charge is 2.24. The largest absolute Gasteiger partial charge is 0.504 e. The summed E-state index contributed by atoms with van der Waals surface area (Å²) in [6, 6.07) is 1.92. The van der Waals surface area contributed by atoms with E-state index in [1.165, 1.54) is 32.2 Å². The first kappa shape index (κ1) is 25.9. The second kappa shape index (κ2) is 12.6. The van der Waals surface area contributed by atoms with Crippen molar-refractivity contribution in [3.63, 3.8) is 0 Å². The Kier molecular flexibility index (Phi) is 10.2. The molecule has 0 aliphatic carbocycles. The fourth-order valence-electron chi connectivity index (χ4n) is 2.38. The number of ether oxygens (including phenoxy) is 1. The molecule has 0 saturated carbocycles. The van der Waals surface area contributed by atoms with Crippen LogP contribution in [-0.2, 0) is 24.0 Å². The fourth-order valence-corrected chi connectivity index (χ4v) is 2.38. The van der Waals surface area contributed by atoms with Crippen molar-refractivity contribution < 1.29 is 44.0 Å². The molecule has 0 spiro atoms. The van der Waals surface area contributed by atoms with Gasteiger partial charge in [0.25, 0.3) is 0 Å². The van der Waals surface area contributed by atoms with E-state index in [1.54, 1.807) is 6.07 Å². The molecule has 12 nitrogen and oxygen atoms in total. The number of carbonyl (C=O) groups excluding carboxylic acids is 3. The molecule has 2 atom stereocenters. The van der Waals surface area contributed by atoms with Crippen LogP contribution >= 0.6 is 0 Å². The summed E-state index contributed by atoms with van der Waals surface area (Å²) in [7, 11) is 1.38. The Morgan fingerprint density at radius 1 is 1.12 bits per heavy atom. The smallest absolute Gasteiger partial charge is 0.326 e. The Labute approximate surface area is 183 Å². The van der Waals surface area contributed by atoms with E-state index in [1.807, 2.05) is 0 Å². The van der Waals surface area contributed by atoms with Crippen LogP contribution in [-0.4, -0.2) is 70.7 Å². The van der Waals surface area contributed by atoms with E-state index >= 15 is 0 Å². The lowest BCUT2D eigenvalue weighted by molar-refractivity contribution is -0.143. The van der Waals surface area contributed by atoms with Crippen molar-refractivity contribution in [2.45, 2.75) is 31.8 Å². The standard InChI is InChI=1S/C20H25N3O9/c1-11(19(29)23-13(20(30)31)5-8-18(27)28)22-17(26)10-21-16(25)7-4-12-3-6-14(24)15(9-12)32-2/h3-4,6-7,9,11,13,24H,5,8,10H2,1-2H3,(H,21,25)(H,22,26)(H,23,29)(H,27,28)(H,30,31)/b7-4+. The summed E-state index contributed by atoms with van der Waals surface area (Å²) in [6.45, 7) is 0.865. The number of rotatable bonds is 12. The third-order valence-electron chi connectivity index (χ3n) is 4.09. The topological polar surface area (TPSA) is 191 Å². The summed E-state index contributed by atoms with van der Waals surface area (Å²) in [5.74, 6) is -4.54. The first-order chi connectivity index (χ1) is 15.0. The highest BCUT2D eigenvalue weighted by atomic mass is 16.5. The van der Waals surface area contributed by atoms with Crippen LogP contribution in [0, 0.1) is 0 Å². The normalized spacial score (nSPS) is 12.4. The van der Waals surface area contributed by atoms with E-state index in [0.717, 1.165) is 6.08 Å². The second-order valence-electron chi connectivity index (χ2n) is 6.60. The monoisotopic (exact) mass is 451 g/mol. The van der Waals surface area contributed by atoms with E-state index in [-0.39, 0.29) is 17.9 Å². The quantitative estimate of drug-likeness (QED) is 0.227. The molecular weight excluding hydrogens is 426 g/mol. The maximum Gasteiger partial charge on any atom is 0.326 e. The number of benzene rings is 1. The number of phenolic OH excluding ortho intramolecular Hbond substituents is 1. The van der Waals surface area contributed by atoms with E-state index in [0.29, 0.717) is 5.56 Å². The molecule has 0 bridgehead atoms. The summed E-state index contributed by atoms with van der Waals surface area (Å²) in [5.41, 5.74) is 0.570. The van der Waals surface area contributed by atoms with Crippen molar-refractivity contribution in [3.05, 3.63) is 29.8 Å². The van der Waals surface area contributed by atoms with Crippen LogP contribution in [0.15, 0.2) is 24.3 Å². The van der Waals surface area contributed by atoms with Gasteiger partial charge in [-0.05, 0) is 37.1 Å². The predicted octanol–water partition coefficient (Wildman–Crippen LogP) is -0.531. The molecule has 1 aromatic carbocycles. The minimum absolute atomic E-state index is 0.0551. The lowest BCUT2D eigenvalue weighted by Gasteiger charge is -2.18. The van der Waals surface area contributed by atoms with Crippen LogP contribution in [0.25, 0.3) is 6.08 Å². The minimum Gasteiger partial charge on any atom is -0.504 e. The molecule has 12 heteroatoms. The number of phenols is 1. The number of hydrogen-bond acceptors (Lipinski definition) is 7. The number of aromatic hydroxyl groups is 1. The van der Waals surface area contributed by atoms with Gasteiger partial charge in [0.15, 0.2) is 11.5 Å². The van der Waals surface area contributed by atoms with Gasteiger partial charge < -0.3 is 36.0 Å². The molecule has 0 heterocycles. The second-order valence-corrected chi connectivity index (χ2v) is 6.60. The Bertz CT molecular complexity index is 898. The zero-order valence-corrected chi connectivity index (χ0v) is 17.5. The van der Waals surface area contributed by atoms with Crippen molar-refractivity contribution in [2.24, 2.45) is 0 Å². The van der Waals surface area contributed by atoms with Gasteiger partial charge in [-0.25, -0.2) is 4.79 Å². The molecule has 2 unspecified atom stereocenters. The zero-order chi connectivity index (χ0) is 24.3. The van der Waals surface area contributed by atoms with Crippen LogP contribution in [0.5, 0.6) is 11.5 Å². The summed E-state index contributed by atoms with van der Waals surface area (Å²) in [5, 5.41) is 34.0. The van der Waals surface area contributed by atoms with E-state index in [4.69, 9.17) is 14.9 Å². The van der Waals surface area contributed by atoms with Gasteiger partial charge in [0, 0.05) is 12.5 Å². The molecule has 0 fully saturated rings. The molecule has 6 N–H and O–H groups in total. The van der Waals surface area contributed by atoms with Gasteiger partial charge in [-0.2, -0.15) is 0 Å². The van der Waals surface area contributed by atoms with Crippen LogP contribution in [0.4, 0.5) is 0 Å². The maximum atomic E-state index is 12.0. The summed E-state index contributed by atoms with van der Waals surface area (Å²) >= 11 is 0. The van der Waals surface area contributed by atoms with Gasteiger partial charge in [-0.3, -0.25) is 19.2 Å². The van der Waals surface area contributed by atoms with Gasteiger partial charge >= 0.3 is 11.9 Å². The Morgan fingerprint density at radius 3 is 2.41 bits per heavy atom. The molecule has 1 aromatic rings. The first-order valence-electron chi connectivity index (χ1n) is 9.40. The highest BCUT2D eigenvalue weighted by molar-refractivity contribution is 5.95. The van der Waals surface area contributed by atoms with E-state index in [9.17, 15) is 29.1 Å². The Hall–Kier alpha value is -4.09. The van der Waals surface area contributed by atoms with Gasteiger partial charge in [-0.15, -0.1) is 0 Å². The molecule has 0 aliphatic rings. The molecule has 174 valence electrons. The van der Waals surface area contributed by atoms with Crippen molar-refractivity contribution in [1.82, 2.24) is 16.0 Å². The molecular formula is C20H25N3O9. The SMILES string of the molecule is COc1cc(/C=C/C(=O)NCC(=O)NC(C)C(=O)NC(CCC(=O)O)C(=O)O)ccc1O. The van der Waals surface area contributed by atoms with Gasteiger partial charge in [0.2, 0.25) is 17.7 Å². The van der Waals surface area contributed by atoms with Crippen LogP contribution < -0.4 is 20.7 Å². The third kappa shape index (κ3) is 9.15. The molecule has 0 saturated heterocycles. The lowest BCUT2D eigenvalue weighted by atomic mass is 10.1. The predicted molar refractivity (Wildman–Crippen MR) is 111 cm³/mol. The Balaban J connectivity index is 2.50. The number of carboxylic acids is 2. The van der Waals surface area contributed by atoms with Crippen molar-refractivity contribution in [3.8, 4) is 11.5 Å². The molecule has 0 aromatic heterocycles.